The summed E-state index contributed by atoms with van der Waals surface area (Å²) in [4.78, 5) is 14.3. The van der Waals surface area contributed by atoms with Gasteiger partial charge in [-0.3, -0.25) is 4.99 Å². The minimum Gasteiger partial charge on any atom is -0.496 e. The molecular weight excluding hydrogens is 362 g/mol. The van der Waals surface area contributed by atoms with Crippen molar-refractivity contribution in [2.75, 3.05) is 51.3 Å². The van der Waals surface area contributed by atoms with Crippen LogP contribution in [0.15, 0.2) is 53.7 Å². The summed E-state index contributed by atoms with van der Waals surface area (Å²) in [6, 6.07) is 14.5. The van der Waals surface area contributed by atoms with Crippen LogP contribution in [0.5, 0.6) is 5.75 Å². The second kappa shape index (κ2) is 8.72. The highest BCUT2D eigenvalue weighted by molar-refractivity contribution is 5.80. The molecule has 2 fully saturated rings. The summed E-state index contributed by atoms with van der Waals surface area (Å²) >= 11 is 0. The Morgan fingerprint density at radius 1 is 1.10 bits per heavy atom. The van der Waals surface area contributed by atoms with Gasteiger partial charge >= 0.3 is 0 Å². The van der Waals surface area contributed by atoms with Crippen molar-refractivity contribution in [1.29, 1.82) is 0 Å². The van der Waals surface area contributed by atoms with E-state index in [0.29, 0.717) is 0 Å². The fourth-order valence-electron chi connectivity index (χ4n) is 4.09. The number of methoxy groups -OCH3 is 1. The lowest BCUT2D eigenvalue weighted by atomic mass is 9.95. The fourth-order valence-corrected chi connectivity index (χ4v) is 4.09. The second-order valence-corrected chi connectivity index (χ2v) is 7.81. The van der Waals surface area contributed by atoms with Crippen LogP contribution in [-0.2, 0) is 5.41 Å². The molecule has 154 valence electrons. The molecular formula is C23H31N5O. The SMILES string of the molecule is CCNC(=NCC1(c2ccccc2OC)CC1)N1CCN(c2ccccn2)CC1. The first-order chi connectivity index (χ1) is 14.3. The van der Waals surface area contributed by atoms with Crippen molar-refractivity contribution in [3.8, 4) is 5.75 Å². The number of pyridine rings is 1. The normalized spacial score (nSPS) is 18.5. The number of nitrogens with one attached hydrogen (secondary N) is 1. The summed E-state index contributed by atoms with van der Waals surface area (Å²) in [6.07, 6.45) is 4.20. The molecule has 0 amide bonds. The molecule has 1 saturated heterocycles. The molecule has 0 radical (unpaired) electrons. The molecule has 1 aromatic heterocycles. The van der Waals surface area contributed by atoms with Gasteiger partial charge in [-0.2, -0.15) is 0 Å². The lowest BCUT2D eigenvalue weighted by Gasteiger charge is -2.37. The molecule has 2 aliphatic rings. The molecule has 2 aromatic rings. The third-order valence-corrected chi connectivity index (χ3v) is 5.95. The lowest BCUT2D eigenvalue weighted by Crippen LogP contribution is -2.53. The molecule has 1 N–H and O–H groups in total. The second-order valence-electron chi connectivity index (χ2n) is 7.81. The van der Waals surface area contributed by atoms with Gasteiger partial charge in [0, 0.05) is 49.9 Å². The number of hydrogen-bond acceptors (Lipinski definition) is 4. The van der Waals surface area contributed by atoms with Crippen LogP contribution in [0, 0.1) is 0 Å². The van der Waals surface area contributed by atoms with E-state index in [0.717, 1.165) is 56.8 Å². The predicted octanol–water partition coefficient (Wildman–Crippen LogP) is 2.91. The molecule has 2 heterocycles. The summed E-state index contributed by atoms with van der Waals surface area (Å²) < 4.78 is 5.61. The Morgan fingerprint density at radius 2 is 1.86 bits per heavy atom. The fraction of sp³-hybridized carbons (Fsp3) is 0.478. The summed E-state index contributed by atoms with van der Waals surface area (Å²) in [5.74, 6) is 3.06. The maximum absolute atomic E-state index is 5.61. The monoisotopic (exact) mass is 393 g/mol. The first kappa shape index (κ1) is 19.6. The van der Waals surface area contributed by atoms with Crippen LogP contribution in [0.2, 0.25) is 0 Å². The first-order valence-electron chi connectivity index (χ1n) is 10.6. The minimum atomic E-state index is 0.128. The van der Waals surface area contributed by atoms with Crippen molar-refractivity contribution in [3.05, 3.63) is 54.2 Å². The minimum absolute atomic E-state index is 0.128. The van der Waals surface area contributed by atoms with Crippen LogP contribution in [0.25, 0.3) is 0 Å². The quantitative estimate of drug-likeness (QED) is 0.604. The van der Waals surface area contributed by atoms with Gasteiger partial charge in [0.1, 0.15) is 11.6 Å². The van der Waals surface area contributed by atoms with Crippen LogP contribution < -0.4 is 15.0 Å². The summed E-state index contributed by atoms with van der Waals surface area (Å²) in [7, 11) is 1.75. The third kappa shape index (κ3) is 4.31. The van der Waals surface area contributed by atoms with Crippen molar-refractivity contribution in [1.82, 2.24) is 15.2 Å². The average Bonchev–Trinajstić information content (AvgIpc) is 3.58. The number of guanidine groups is 1. The van der Waals surface area contributed by atoms with Crippen molar-refractivity contribution < 1.29 is 4.74 Å². The zero-order chi connectivity index (χ0) is 20.1. The van der Waals surface area contributed by atoms with E-state index in [1.54, 1.807) is 7.11 Å². The highest BCUT2D eigenvalue weighted by Crippen LogP contribution is 2.51. The van der Waals surface area contributed by atoms with Crippen LogP contribution in [0.3, 0.4) is 0 Å². The van der Waals surface area contributed by atoms with E-state index >= 15 is 0 Å². The molecule has 6 heteroatoms. The Labute approximate surface area is 173 Å². The van der Waals surface area contributed by atoms with E-state index in [1.165, 1.54) is 18.4 Å². The Kier molecular flexibility index (Phi) is 5.88. The number of nitrogens with zero attached hydrogens (tertiary/aromatic N) is 4. The summed E-state index contributed by atoms with van der Waals surface area (Å²) in [5.41, 5.74) is 1.42. The molecule has 29 heavy (non-hydrogen) atoms. The third-order valence-electron chi connectivity index (χ3n) is 5.95. The smallest absolute Gasteiger partial charge is 0.194 e. The Balaban J connectivity index is 1.44. The molecule has 4 rings (SSSR count). The maximum Gasteiger partial charge on any atom is 0.194 e. The number of aromatic nitrogens is 1. The molecule has 0 atom stereocenters. The van der Waals surface area contributed by atoms with Gasteiger partial charge in [-0.1, -0.05) is 24.3 Å². The average molecular weight is 394 g/mol. The van der Waals surface area contributed by atoms with Gasteiger partial charge in [-0.15, -0.1) is 0 Å². The number of benzene rings is 1. The Hall–Kier alpha value is -2.76. The zero-order valence-corrected chi connectivity index (χ0v) is 17.5. The molecule has 0 unspecified atom stereocenters. The number of piperazine rings is 1. The standard InChI is InChI=1S/C23H31N5O/c1-3-24-22(28-16-14-27(15-17-28)21-10-6-7-13-25-21)26-18-23(11-12-23)19-8-4-5-9-20(19)29-2/h4-10,13H,3,11-12,14-18H2,1-2H3,(H,24,26). The maximum atomic E-state index is 5.61. The Bertz CT molecular complexity index is 826. The number of aliphatic imine (C=N–C) groups is 1. The highest BCUT2D eigenvalue weighted by Gasteiger charge is 2.46. The van der Waals surface area contributed by atoms with Crippen molar-refractivity contribution in [2.24, 2.45) is 4.99 Å². The highest BCUT2D eigenvalue weighted by atomic mass is 16.5. The molecule has 0 bridgehead atoms. The Morgan fingerprint density at radius 3 is 2.52 bits per heavy atom. The van der Waals surface area contributed by atoms with Crippen LogP contribution in [0.4, 0.5) is 5.82 Å². The number of rotatable bonds is 6. The predicted molar refractivity (Wildman–Crippen MR) is 118 cm³/mol. The van der Waals surface area contributed by atoms with Gasteiger partial charge in [0.2, 0.25) is 0 Å². The van der Waals surface area contributed by atoms with E-state index < -0.39 is 0 Å². The van der Waals surface area contributed by atoms with Gasteiger partial charge in [-0.25, -0.2) is 4.98 Å². The molecule has 0 spiro atoms. The zero-order valence-electron chi connectivity index (χ0n) is 17.5. The van der Waals surface area contributed by atoms with Gasteiger partial charge in [0.15, 0.2) is 5.96 Å². The van der Waals surface area contributed by atoms with Gasteiger partial charge in [0.25, 0.3) is 0 Å². The summed E-state index contributed by atoms with van der Waals surface area (Å²) in [5, 5.41) is 3.50. The van der Waals surface area contributed by atoms with Crippen molar-refractivity contribution >= 4 is 11.8 Å². The van der Waals surface area contributed by atoms with E-state index in [-0.39, 0.29) is 5.41 Å². The summed E-state index contributed by atoms with van der Waals surface area (Å²) in [6.45, 7) is 7.62. The van der Waals surface area contributed by atoms with Crippen LogP contribution >= 0.6 is 0 Å². The van der Waals surface area contributed by atoms with E-state index in [2.05, 4.69) is 51.3 Å². The van der Waals surface area contributed by atoms with E-state index in [9.17, 15) is 0 Å². The molecule has 1 aromatic carbocycles. The number of ether oxygens (including phenoxy) is 1. The van der Waals surface area contributed by atoms with Crippen LogP contribution in [0.1, 0.15) is 25.3 Å². The van der Waals surface area contributed by atoms with Gasteiger partial charge in [0.05, 0.1) is 13.7 Å². The lowest BCUT2D eigenvalue weighted by molar-refractivity contribution is 0.370. The van der Waals surface area contributed by atoms with E-state index in [1.807, 2.05) is 24.4 Å². The first-order valence-corrected chi connectivity index (χ1v) is 10.6. The number of anilines is 1. The van der Waals surface area contributed by atoms with Gasteiger partial charge in [-0.05, 0) is 38.0 Å². The van der Waals surface area contributed by atoms with Crippen molar-refractivity contribution in [2.45, 2.75) is 25.2 Å². The van der Waals surface area contributed by atoms with Gasteiger partial charge < -0.3 is 19.9 Å². The van der Waals surface area contributed by atoms with E-state index in [4.69, 9.17) is 9.73 Å². The molecule has 6 nitrogen and oxygen atoms in total. The number of hydrogen-bond donors (Lipinski definition) is 1. The topological polar surface area (TPSA) is 53.0 Å². The van der Waals surface area contributed by atoms with Crippen molar-refractivity contribution in [3.63, 3.8) is 0 Å². The van der Waals surface area contributed by atoms with Crippen LogP contribution in [-0.4, -0.2) is 62.2 Å². The molecule has 1 aliphatic heterocycles. The number of para-hydroxylation sites is 1. The largest absolute Gasteiger partial charge is 0.496 e. The molecule has 1 aliphatic carbocycles. The molecule has 1 saturated carbocycles.